The van der Waals surface area contributed by atoms with Crippen molar-refractivity contribution in [3.05, 3.63) is 35.1 Å². The average Bonchev–Trinajstić information content (AvgIpc) is 2.16. The molecule has 14 heavy (non-hydrogen) atoms. The molecule has 0 amide bonds. The highest BCUT2D eigenvalue weighted by atomic mass is 79.9. The fourth-order valence-corrected chi connectivity index (χ4v) is 1.04. The van der Waals surface area contributed by atoms with Crippen molar-refractivity contribution in [2.24, 2.45) is 0 Å². The van der Waals surface area contributed by atoms with Gasteiger partial charge in [0.05, 0.1) is 10.9 Å². The summed E-state index contributed by atoms with van der Waals surface area (Å²) in [6, 6.07) is 3.76. The lowest BCUT2D eigenvalue weighted by molar-refractivity contribution is 0.0692. The van der Waals surface area contributed by atoms with Crippen molar-refractivity contribution in [3.63, 3.8) is 0 Å². The van der Waals surface area contributed by atoms with E-state index in [-0.39, 0.29) is 5.56 Å². The number of alkyl halides is 1. The highest BCUT2D eigenvalue weighted by molar-refractivity contribution is 9.09. The molecule has 1 N–H and O–H groups in total. The van der Waals surface area contributed by atoms with Gasteiger partial charge < -0.3 is 5.11 Å². The van der Waals surface area contributed by atoms with Crippen LogP contribution >= 0.6 is 15.9 Å². The second-order valence-electron chi connectivity index (χ2n) is 2.44. The van der Waals surface area contributed by atoms with Crippen molar-refractivity contribution in [1.29, 1.82) is 0 Å². The molecule has 0 saturated heterocycles. The molecule has 0 aliphatic carbocycles. The minimum absolute atomic E-state index is 0.355. The van der Waals surface area contributed by atoms with Crippen LogP contribution in [0.3, 0.4) is 0 Å². The van der Waals surface area contributed by atoms with Crippen molar-refractivity contribution in [2.75, 3.05) is 5.33 Å². The Kier molecular flexibility index (Phi) is 3.66. The van der Waals surface area contributed by atoms with Crippen LogP contribution in [0.25, 0.3) is 0 Å². The van der Waals surface area contributed by atoms with Crippen LogP contribution in [0.2, 0.25) is 0 Å². The number of aromatic carboxylic acids is 1. The van der Waals surface area contributed by atoms with Crippen LogP contribution in [0.1, 0.15) is 15.9 Å². The van der Waals surface area contributed by atoms with Crippen molar-refractivity contribution >= 4 is 21.9 Å². The predicted octanol–water partition coefficient (Wildman–Crippen LogP) is 2.27. The largest absolute Gasteiger partial charge is 0.478 e. The third-order valence-corrected chi connectivity index (χ3v) is 1.78. The SMILES string of the molecule is O=C(O)c1cc(C#CCBr)ccc1F. The zero-order valence-corrected chi connectivity index (χ0v) is 8.64. The number of hydrogen-bond acceptors (Lipinski definition) is 1. The molecule has 0 saturated carbocycles. The summed E-state index contributed by atoms with van der Waals surface area (Å²) >= 11 is 3.10. The molecule has 0 aromatic heterocycles. The monoisotopic (exact) mass is 256 g/mol. The lowest BCUT2D eigenvalue weighted by atomic mass is 10.1. The molecule has 2 nitrogen and oxygen atoms in total. The molecule has 0 fully saturated rings. The summed E-state index contributed by atoms with van der Waals surface area (Å²) in [4.78, 5) is 10.6. The number of carbonyl (C=O) groups is 1. The zero-order valence-electron chi connectivity index (χ0n) is 7.05. The first kappa shape index (κ1) is 10.7. The number of carboxylic acids is 1. The summed E-state index contributed by atoms with van der Waals surface area (Å²) in [6.45, 7) is 0. The van der Waals surface area contributed by atoms with Crippen molar-refractivity contribution < 1.29 is 14.3 Å². The first-order valence-electron chi connectivity index (χ1n) is 3.73. The van der Waals surface area contributed by atoms with E-state index in [1.807, 2.05) is 0 Å². The van der Waals surface area contributed by atoms with Crippen LogP contribution in [0.4, 0.5) is 4.39 Å². The maximum Gasteiger partial charge on any atom is 0.338 e. The highest BCUT2D eigenvalue weighted by Gasteiger charge is 2.09. The Morgan fingerprint density at radius 3 is 2.86 bits per heavy atom. The molecule has 0 atom stereocenters. The summed E-state index contributed by atoms with van der Waals surface area (Å²) in [5.41, 5.74) is 0.134. The zero-order chi connectivity index (χ0) is 10.6. The maximum atomic E-state index is 12.9. The van der Waals surface area contributed by atoms with Crippen LogP contribution in [-0.4, -0.2) is 16.4 Å². The van der Waals surface area contributed by atoms with Crippen LogP contribution in [0.5, 0.6) is 0 Å². The molecule has 0 heterocycles. The minimum Gasteiger partial charge on any atom is -0.478 e. The summed E-state index contributed by atoms with van der Waals surface area (Å²) < 4.78 is 12.9. The van der Waals surface area contributed by atoms with Gasteiger partial charge in [0, 0.05) is 5.56 Å². The highest BCUT2D eigenvalue weighted by Crippen LogP contribution is 2.09. The third kappa shape index (κ3) is 2.57. The van der Waals surface area contributed by atoms with E-state index in [9.17, 15) is 9.18 Å². The third-order valence-electron chi connectivity index (χ3n) is 1.50. The predicted molar refractivity (Wildman–Crippen MR) is 54.0 cm³/mol. The Bertz CT molecular complexity index is 418. The van der Waals surface area contributed by atoms with Crippen molar-refractivity contribution in [2.45, 2.75) is 0 Å². The van der Waals surface area contributed by atoms with E-state index in [4.69, 9.17) is 5.11 Å². The second-order valence-corrected chi connectivity index (χ2v) is 3.00. The number of carboxylic acid groups (broad SMARTS) is 1. The summed E-state index contributed by atoms with van der Waals surface area (Å²) in [5.74, 6) is 3.36. The van der Waals surface area contributed by atoms with Gasteiger partial charge in [0.2, 0.25) is 0 Å². The number of benzene rings is 1. The lowest BCUT2D eigenvalue weighted by Crippen LogP contribution is -2.00. The van der Waals surface area contributed by atoms with Crippen LogP contribution in [0, 0.1) is 17.7 Å². The van der Waals surface area contributed by atoms with E-state index in [2.05, 4.69) is 27.8 Å². The molecule has 4 heteroatoms. The topological polar surface area (TPSA) is 37.3 Å². The van der Waals surface area contributed by atoms with Gasteiger partial charge >= 0.3 is 5.97 Å². The van der Waals surface area contributed by atoms with Crippen LogP contribution in [0.15, 0.2) is 18.2 Å². The van der Waals surface area contributed by atoms with Gasteiger partial charge in [-0.25, -0.2) is 9.18 Å². The smallest absolute Gasteiger partial charge is 0.338 e. The number of hydrogen-bond donors (Lipinski definition) is 1. The van der Waals surface area contributed by atoms with Gasteiger partial charge in [-0.15, -0.1) is 0 Å². The lowest BCUT2D eigenvalue weighted by Gasteiger charge is -1.97. The first-order valence-corrected chi connectivity index (χ1v) is 4.85. The van der Waals surface area contributed by atoms with Crippen molar-refractivity contribution in [3.8, 4) is 11.8 Å². The Balaban J connectivity index is 3.13. The van der Waals surface area contributed by atoms with Gasteiger partial charge in [0.15, 0.2) is 0 Å². The molecule has 1 rings (SSSR count). The fourth-order valence-electron chi connectivity index (χ4n) is 0.902. The Labute approximate surface area is 88.9 Å². The van der Waals surface area contributed by atoms with Gasteiger partial charge in [0.1, 0.15) is 5.82 Å². The Morgan fingerprint density at radius 2 is 2.29 bits per heavy atom. The van der Waals surface area contributed by atoms with Crippen LogP contribution < -0.4 is 0 Å². The van der Waals surface area contributed by atoms with Crippen LogP contribution in [-0.2, 0) is 0 Å². The quantitative estimate of drug-likeness (QED) is 0.619. The summed E-state index contributed by atoms with van der Waals surface area (Å²) in [5, 5.41) is 9.11. The molecule has 0 aliphatic heterocycles. The molecule has 0 unspecified atom stereocenters. The fraction of sp³-hybridized carbons (Fsp3) is 0.100. The molecule has 0 radical (unpaired) electrons. The Hall–Kier alpha value is -1.34. The van der Waals surface area contributed by atoms with Gasteiger partial charge in [-0.1, -0.05) is 27.8 Å². The van der Waals surface area contributed by atoms with Gasteiger partial charge in [-0.3, -0.25) is 0 Å². The summed E-state index contributed by atoms with van der Waals surface area (Å²) in [6.07, 6.45) is 0. The molecular formula is C10H6BrFO2. The van der Waals surface area contributed by atoms with Gasteiger partial charge in [-0.05, 0) is 18.2 Å². The molecule has 72 valence electrons. The molecule has 0 bridgehead atoms. The standard InChI is InChI=1S/C10H6BrFO2/c11-5-1-2-7-3-4-9(12)8(6-7)10(13)14/h3-4,6H,5H2,(H,13,14). The first-order chi connectivity index (χ1) is 6.65. The summed E-state index contributed by atoms with van der Waals surface area (Å²) in [7, 11) is 0. The molecule has 0 spiro atoms. The molecule has 1 aromatic carbocycles. The number of halogens is 2. The normalized spacial score (nSPS) is 9.00. The average molecular weight is 257 g/mol. The Morgan fingerprint density at radius 1 is 1.57 bits per heavy atom. The van der Waals surface area contributed by atoms with E-state index in [0.29, 0.717) is 10.9 Å². The second kappa shape index (κ2) is 4.77. The molecular weight excluding hydrogens is 251 g/mol. The number of rotatable bonds is 1. The molecule has 0 aliphatic rings. The minimum atomic E-state index is -1.29. The van der Waals surface area contributed by atoms with Gasteiger partial charge in [0.25, 0.3) is 0 Å². The van der Waals surface area contributed by atoms with E-state index >= 15 is 0 Å². The van der Waals surface area contributed by atoms with E-state index in [1.165, 1.54) is 12.1 Å². The van der Waals surface area contributed by atoms with Gasteiger partial charge in [-0.2, -0.15) is 0 Å². The molecule has 1 aromatic rings. The van der Waals surface area contributed by atoms with E-state index in [0.717, 1.165) is 6.07 Å². The maximum absolute atomic E-state index is 12.9. The van der Waals surface area contributed by atoms with E-state index < -0.39 is 11.8 Å². The van der Waals surface area contributed by atoms with E-state index in [1.54, 1.807) is 0 Å². The van der Waals surface area contributed by atoms with Crippen molar-refractivity contribution in [1.82, 2.24) is 0 Å².